The molecule has 148 valence electrons. The van der Waals surface area contributed by atoms with E-state index in [9.17, 15) is 9.59 Å². The largest absolute Gasteiger partial charge is 0.379 e. The van der Waals surface area contributed by atoms with E-state index in [4.69, 9.17) is 10.5 Å². The number of carbonyl (C=O) groups is 2. The molecule has 3 heterocycles. The number of ether oxygens (including phenoxy) is 1. The summed E-state index contributed by atoms with van der Waals surface area (Å²) in [6.07, 6.45) is 0. The topological polar surface area (TPSA) is 138 Å². The van der Waals surface area contributed by atoms with Crippen molar-refractivity contribution in [3.05, 3.63) is 30.1 Å². The molecule has 1 saturated heterocycles. The number of imidazole rings is 1. The molecule has 4 rings (SSSR count). The maximum atomic E-state index is 12.8. The zero-order valence-corrected chi connectivity index (χ0v) is 15.4. The van der Waals surface area contributed by atoms with E-state index in [1.54, 1.807) is 0 Å². The number of para-hydroxylation sites is 2. The van der Waals surface area contributed by atoms with E-state index in [0.717, 1.165) is 18.6 Å². The maximum Gasteiger partial charge on any atom is 0.268 e. The van der Waals surface area contributed by atoms with Gasteiger partial charge in [0, 0.05) is 26.2 Å². The molecule has 2 amide bonds. The quantitative estimate of drug-likeness (QED) is 0.487. The van der Waals surface area contributed by atoms with E-state index >= 15 is 0 Å². The van der Waals surface area contributed by atoms with Crippen LogP contribution in [0.4, 0.5) is 0 Å². The number of hydrogen-bond donors (Lipinski definition) is 4. The van der Waals surface area contributed by atoms with Gasteiger partial charge in [-0.15, -0.1) is 0 Å². The Kier molecular flexibility index (Phi) is 5.07. The van der Waals surface area contributed by atoms with Gasteiger partial charge in [-0.3, -0.25) is 24.8 Å². The monoisotopic (exact) mass is 385 g/mol. The van der Waals surface area contributed by atoms with Crippen molar-refractivity contribution in [3.63, 3.8) is 0 Å². The normalized spacial score (nSPS) is 22.9. The third-order valence-electron chi connectivity index (χ3n) is 5.08. The molecular formula is C18H23N7O3. The first-order valence-corrected chi connectivity index (χ1v) is 9.24. The number of rotatable bonds is 6. The molecule has 10 heteroatoms. The molecular weight excluding hydrogens is 362 g/mol. The van der Waals surface area contributed by atoms with Crippen LogP contribution in [0.1, 0.15) is 5.82 Å². The van der Waals surface area contributed by atoms with Crippen LogP contribution in [0.15, 0.2) is 29.3 Å². The number of carbonyl (C=O) groups excluding carboxylic acids is 2. The van der Waals surface area contributed by atoms with Crippen LogP contribution >= 0.6 is 0 Å². The minimum Gasteiger partial charge on any atom is -0.379 e. The number of H-pyrrole nitrogens is 1. The molecule has 0 radical (unpaired) electrons. The minimum atomic E-state index is -1.58. The average Bonchev–Trinajstić information content (AvgIpc) is 3.33. The fraction of sp³-hybridized carbons (Fsp3) is 0.444. The van der Waals surface area contributed by atoms with E-state index in [2.05, 4.69) is 30.5 Å². The summed E-state index contributed by atoms with van der Waals surface area (Å²) in [5.41, 5.74) is 5.59. The van der Waals surface area contributed by atoms with Crippen LogP contribution in [0.5, 0.6) is 0 Å². The molecule has 1 unspecified atom stereocenters. The number of nitrogens with two attached hydrogens (primary N) is 1. The van der Waals surface area contributed by atoms with Crippen molar-refractivity contribution in [1.82, 2.24) is 25.5 Å². The predicted molar refractivity (Wildman–Crippen MR) is 103 cm³/mol. The number of hydrogen-bond acceptors (Lipinski definition) is 7. The summed E-state index contributed by atoms with van der Waals surface area (Å²) in [6.45, 7) is 4.30. The molecule has 28 heavy (non-hydrogen) atoms. The Bertz CT molecular complexity index is 886. The van der Waals surface area contributed by atoms with E-state index in [1.807, 2.05) is 24.3 Å². The van der Waals surface area contributed by atoms with E-state index in [-0.39, 0.29) is 18.2 Å². The Morgan fingerprint density at radius 2 is 2.07 bits per heavy atom. The van der Waals surface area contributed by atoms with Crippen LogP contribution in [-0.4, -0.2) is 78.5 Å². The summed E-state index contributed by atoms with van der Waals surface area (Å²) in [6, 6.07) is 7.36. The van der Waals surface area contributed by atoms with Crippen molar-refractivity contribution in [3.8, 4) is 0 Å². The Labute approximate surface area is 161 Å². The zero-order chi connectivity index (χ0) is 19.6. The molecule has 1 aromatic carbocycles. The van der Waals surface area contributed by atoms with Gasteiger partial charge in [-0.1, -0.05) is 12.1 Å². The Morgan fingerprint density at radius 3 is 2.82 bits per heavy atom. The highest BCUT2D eigenvalue weighted by atomic mass is 16.5. The number of morpholine rings is 1. The van der Waals surface area contributed by atoms with Gasteiger partial charge >= 0.3 is 0 Å². The third-order valence-corrected chi connectivity index (χ3v) is 5.08. The number of primary amides is 1. The van der Waals surface area contributed by atoms with Gasteiger partial charge < -0.3 is 20.8 Å². The second-order valence-corrected chi connectivity index (χ2v) is 6.77. The lowest BCUT2D eigenvalue weighted by Crippen LogP contribution is -2.59. The van der Waals surface area contributed by atoms with Gasteiger partial charge in [0.05, 0.1) is 30.9 Å². The molecule has 1 fully saturated rings. The van der Waals surface area contributed by atoms with Crippen molar-refractivity contribution in [2.45, 2.75) is 5.54 Å². The van der Waals surface area contributed by atoms with Crippen LogP contribution in [-0.2, 0) is 19.9 Å². The van der Waals surface area contributed by atoms with Crippen molar-refractivity contribution >= 4 is 28.6 Å². The van der Waals surface area contributed by atoms with Gasteiger partial charge in [0.25, 0.3) is 11.8 Å². The summed E-state index contributed by atoms with van der Waals surface area (Å²) >= 11 is 0. The fourth-order valence-electron chi connectivity index (χ4n) is 3.56. The Balaban J connectivity index is 1.53. The molecule has 5 N–H and O–H groups in total. The van der Waals surface area contributed by atoms with Crippen LogP contribution in [0.2, 0.25) is 0 Å². The highest BCUT2D eigenvalue weighted by molar-refractivity contribution is 6.47. The highest BCUT2D eigenvalue weighted by Gasteiger charge is 2.52. The number of aliphatic imine (C=N–C) groups is 1. The molecule has 0 aliphatic carbocycles. The maximum absolute atomic E-state index is 12.8. The molecule has 0 bridgehead atoms. The number of nitrogens with zero attached hydrogens (tertiary/aromatic N) is 3. The van der Waals surface area contributed by atoms with Gasteiger partial charge in [-0.2, -0.15) is 0 Å². The first-order chi connectivity index (χ1) is 13.6. The number of aromatic nitrogens is 2. The summed E-state index contributed by atoms with van der Waals surface area (Å²) in [5, 5.41) is 5.80. The van der Waals surface area contributed by atoms with E-state index < -0.39 is 17.4 Å². The summed E-state index contributed by atoms with van der Waals surface area (Å²) in [5.74, 6) is -0.899. The van der Waals surface area contributed by atoms with Gasteiger partial charge in [0.2, 0.25) is 5.54 Å². The van der Waals surface area contributed by atoms with Crippen molar-refractivity contribution in [2.24, 2.45) is 10.7 Å². The second-order valence-electron chi connectivity index (χ2n) is 6.77. The summed E-state index contributed by atoms with van der Waals surface area (Å²) < 4.78 is 5.32. The number of nitrogens with one attached hydrogen (secondary N) is 3. The van der Waals surface area contributed by atoms with Gasteiger partial charge in [0.15, 0.2) is 0 Å². The number of aromatic amines is 1. The smallest absolute Gasteiger partial charge is 0.268 e. The summed E-state index contributed by atoms with van der Waals surface area (Å²) in [7, 11) is 0. The van der Waals surface area contributed by atoms with Crippen LogP contribution in [0, 0.1) is 0 Å². The lowest BCUT2D eigenvalue weighted by atomic mass is 9.91. The molecule has 0 saturated carbocycles. The molecule has 1 aromatic heterocycles. The first-order valence-electron chi connectivity index (χ1n) is 9.24. The van der Waals surface area contributed by atoms with E-state index in [0.29, 0.717) is 31.8 Å². The third kappa shape index (κ3) is 3.26. The Morgan fingerprint density at radius 1 is 1.29 bits per heavy atom. The molecule has 2 aliphatic rings. The SMILES string of the molecule is NC(=O)C1(c2nc3ccccc3[nH]2)NCN=C1C(=O)NCCN1CCOCC1. The van der Waals surface area contributed by atoms with Crippen LogP contribution in [0.3, 0.4) is 0 Å². The van der Waals surface area contributed by atoms with Crippen molar-refractivity contribution in [1.29, 1.82) is 0 Å². The van der Waals surface area contributed by atoms with Crippen molar-refractivity contribution in [2.75, 3.05) is 46.1 Å². The first kappa shape index (κ1) is 18.5. The molecule has 2 aromatic rings. The van der Waals surface area contributed by atoms with E-state index in [1.165, 1.54) is 0 Å². The number of fused-ring (bicyclic) bond motifs is 1. The van der Waals surface area contributed by atoms with Gasteiger partial charge in [-0.05, 0) is 12.1 Å². The average molecular weight is 385 g/mol. The fourth-order valence-corrected chi connectivity index (χ4v) is 3.56. The number of benzene rings is 1. The lowest BCUT2D eigenvalue weighted by molar-refractivity contribution is -0.123. The predicted octanol–water partition coefficient (Wildman–Crippen LogP) is -1.31. The van der Waals surface area contributed by atoms with Crippen molar-refractivity contribution < 1.29 is 14.3 Å². The van der Waals surface area contributed by atoms with Gasteiger partial charge in [0.1, 0.15) is 11.5 Å². The molecule has 10 nitrogen and oxygen atoms in total. The molecule has 0 spiro atoms. The van der Waals surface area contributed by atoms with Crippen LogP contribution in [0.25, 0.3) is 11.0 Å². The molecule has 2 aliphatic heterocycles. The summed E-state index contributed by atoms with van der Waals surface area (Å²) in [4.78, 5) is 39.3. The minimum absolute atomic E-state index is 0.0287. The lowest BCUT2D eigenvalue weighted by Gasteiger charge is -2.27. The number of amides is 2. The van der Waals surface area contributed by atoms with Crippen LogP contribution < -0.4 is 16.4 Å². The highest BCUT2D eigenvalue weighted by Crippen LogP contribution is 2.26. The Hall–Kier alpha value is -2.82. The second kappa shape index (κ2) is 7.66. The zero-order valence-electron chi connectivity index (χ0n) is 15.4. The molecule has 1 atom stereocenters. The van der Waals surface area contributed by atoms with Gasteiger partial charge in [-0.25, -0.2) is 4.98 Å². The standard InChI is InChI=1S/C18H23N7O3/c19-16(27)18(17-23-12-3-1-2-4-13(12)24-17)14(21-11-22-18)15(26)20-5-6-25-7-9-28-10-8-25/h1-4,22H,5-11H2,(H2,19,27)(H,20,26)(H,23,24).